The van der Waals surface area contributed by atoms with Gasteiger partial charge in [0.25, 0.3) is 0 Å². The second-order valence-electron chi connectivity index (χ2n) is 5.61. The number of halogens is 1. The molecule has 0 saturated carbocycles. The quantitative estimate of drug-likeness (QED) is 0.314. The topological polar surface area (TPSA) is 85.4 Å². The summed E-state index contributed by atoms with van der Waals surface area (Å²) in [5, 5.41) is 14.4. The maximum Gasteiger partial charge on any atom is 0.417 e. The molecule has 0 aliphatic rings. The number of para-hydroxylation sites is 1. The average molecular weight is 359 g/mol. The number of nitro groups is 1. The molecule has 2 aromatic carbocycles. The summed E-state index contributed by atoms with van der Waals surface area (Å²) in [6.07, 6.45) is 0. The Kier molecular flexibility index (Phi) is 4.72. The highest BCUT2D eigenvalue weighted by Crippen LogP contribution is 2.33. The predicted molar refractivity (Wildman–Crippen MR) is 97.3 cm³/mol. The lowest BCUT2D eigenvalue weighted by Gasteiger charge is -2.21. The van der Waals surface area contributed by atoms with Crippen LogP contribution in [0.4, 0.5) is 11.4 Å². The fourth-order valence-corrected chi connectivity index (χ4v) is 2.89. The van der Waals surface area contributed by atoms with E-state index >= 15 is 0 Å². The molecule has 6 nitrogen and oxygen atoms in total. The van der Waals surface area contributed by atoms with E-state index in [4.69, 9.17) is 16.0 Å². The zero-order valence-corrected chi connectivity index (χ0v) is 14.1. The van der Waals surface area contributed by atoms with Crippen LogP contribution in [0.1, 0.15) is 17.9 Å². The first-order chi connectivity index (χ1) is 12.0. The largest absolute Gasteiger partial charge is 0.418 e. The van der Waals surface area contributed by atoms with Gasteiger partial charge in [-0.05, 0) is 24.6 Å². The number of nitrogens with zero attached hydrogens (tertiary/aromatic N) is 1. The number of benzene rings is 2. The van der Waals surface area contributed by atoms with E-state index in [1.807, 2.05) is 30.3 Å². The Labute approximate surface area is 148 Å². The summed E-state index contributed by atoms with van der Waals surface area (Å²) < 4.78 is 5.05. The highest BCUT2D eigenvalue weighted by Gasteiger charge is 2.27. The number of anilines is 1. The number of hydrogen-bond donors (Lipinski definition) is 1. The minimum atomic E-state index is -0.996. The van der Waals surface area contributed by atoms with Crippen LogP contribution in [0, 0.1) is 10.1 Å². The molecule has 3 rings (SSSR count). The molecule has 0 bridgehead atoms. The smallest absolute Gasteiger partial charge is 0.417 e. The maximum absolute atomic E-state index is 12.0. The van der Waals surface area contributed by atoms with Crippen LogP contribution in [0.25, 0.3) is 11.0 Å². The van der Waals surface area contributed by atoms with Crippen molar-refractivity contribution < 1.29 is 9.34 Å². The molecular formula is C18H15ClN2O4. The normalized spacial score (nSPS) is 13.4. The van der Waals surface area contributed by atoms with Gasteiger partial charge in [0.1, 0.15) is 11.3 Å². The van der Waals surface area contributed by atoms with Crippen molar-refractivity contribution in [1.29, 1.82) is 0 Å². The Morgan fingerprint density at radius 1 is 1.12 bits per heavy atom. The molecule has 128 valence electrons. The first-order valence-corrected chi connectivity index (χ1v) is 8.08. The molecule has 7 heteroatoms. The SMILES string of the molecule is C[C@@H](Nc1c([N+](=O)[O-])c(=O)oc2ccccc12)[C@H](Cl)c1ccccc1. The van der Waals surface area contributed by atoms with Gasteiger partial charge in [0.15, 0.2) is 0 Å². The van der Waals surface area contributed by atoms with Crippen LogP contribution >= 0.6 is 11.6 Å². The third-order valence-electron chi connectivity index (χ3n) is 3.90. The first kappa shape index (κ1) is 17.0. The first-order valence-electron chi connectivity index (χ1n) is 7.65. The number of fused-ring (bicyclic) bond motifs is 1. The van der Waals surface area contributed by atoms with E-state index in [0.717, 1.165) is 5.56 Å². The minimum Gasteiger partial charge on any atom is -0.418 e. The number of alkyl halides is 1. The fraction of sp³-hybridized carbons (Fsp3) is 0.167. The molecule has 0 aliphatic carbocycles. The molecule has 2 atom stereocenters. The van der Waals surface area contributed by atoms with E-state index in [9.17, 15) is 14.9 Å². The Bertz CT molecular complexity index is 972. The van der Waals surface area contributed by atoms with Gasteiger partial charge in [0, 0.05) is 11.4 Å². The Morgan fingerprint density at radius 3 is 2.44 bits per heavy atom. The van der Waals surface area contributed by atoms with E-state index in [1.54, 1.807) is 31.2 Å². The van der Waals surface area contributed by atoms with E-state index in [1.165, 1.54) is 0 Å². The zero-order valence-electron chi connectivity index (χ0n) is 13.3. The number of nitrogens with one attached hydrogen (secondary N) is 1. The third kappa shape index (κ3) is 3.34. The maximum atomic E-state index is 12.0. The van der Waals surface area contributed by atoms with Crippen molar-refractivity contribution >= 4 is 33.9 Å². The van der Waals surface area contributed by atoms with Gasteiger partial charge >= 0.3 is 11.3 Å². The van der Waals surface area contributed by atoms with Gasteiger partial charge in [-0.25, -0.2) is 4.79 Å². The summed E-state index contributed by atoms with van der Waals surface area (Å²) in [6, 6.07) is 15.7. The molecule has 0 radical (unpaired) electrons. The van der Waals surface area contributed by atoms with Gasteiger partial charge in [0.2, 0.25) is 0 Å². The van der Waals surface area contributed by atoms with Crippen LogP contribution in [-0.2, 0) is 0 Å². The molecule has 0 aliphatic heterocycles. The van der Waals surface area contributed by atoms with Gasteiger partial charge in [0.05, 0.1) is 10.3 Å². The van der Waals surface area contributed by atoms with Crippen LogP contribution in [0.2, 0.25) is 0 Å². The van der Waals surface area contributed by atoms with Crippen LogP contribution in [-0.4, -0.2) is 11.0 Å². The van der Waals surface area contributed by atoms with E-state index in [2.05, 4.69) is 5.32 Å². The van der Waals surface area contributed by atoms with Gasteiger partial charge in [-0.1, -0.05) is 42.5 Å². The van der Waals surface area contributed by atoms with Crippen LogP contribution in [0.15, 0.2) is 63.8 Å². The zero-order chi connectivity index (χ0) is 18.0. The lowest BCUT2D eigenvalue weighted by Crippen LogP contribution is -2.23. The minimum absolute atomic E-state index is 0.117. The van der Waals surface area contributed by atoms with E-state index < -0.39 is 21.6 Å². The second kappa shape index (κ2) is 6.94. The number of rotatable bonds is 5. The molecule has 0 unspecified atom stereocenters. The molecule has 1 aromatic heterocycles. The molecule has 0 amide bonds. The number of hydrogen-bond acceptors (Lipinski definition) is 5. The summed E-state index contributed by atoms with van der Waals surface area (Å²) in [6.45, 7) is 1.80. The molecule has 25 heavy (non-hydrogen) atoms. The Morgan fingerprint density at radius 2 is 1.76 bits per heavy atom. The lowest BCUT2D eigenvalue weighted by atomic mass is 10.1. The molecule has 0 fully saturated rings. The standard InChI is InChI=1S/C18H15ClN2O4/c1-11(15(19)12-7-3-2-4-8-12)20-16-13-9-5-6-10-14(13)25-18(22)17(16)21(23)24/h2-11,15,20H,1H3/t11-,15+/m1/s1. The summed E-state index contributed by atoms with van der Waals surface area (Å²) in [7, 11) is 0. The van der Waals surface area contributed by atoms with E-state index in [-0.39, 0.29) is 17.3 Å². The summed E-state index contributed by atoms with van der Waals surface area (Å²) in [4.78, 5) is 22.7. The van der Waals surface area contributed by atoms with Crippen molar-refractivity contribution in [3.63, 3.8) is 0 Å². The monoisotopic (exact) mass is 358 g/mol. The van der Waals surface area contributed by atoms with Crippen molar-refractivity contribution in [3.05, 3.63) is 80.7 Å². The van der Waals surface area contributed by atoms with Crippen LogP contribution in [0.5, 0.6) is 0 Å². The van der Waals surface area contributed by atoms with Gasteiger partial charge < -0.3 is 9.73 Å². The van der Waals surface area contributed by atoms with Crippen molar-refractivity contribution in [2.75, 3.05) is 5.32 Å². The van der Waals surface area contributed by atoms with Gasteiger partial charge in [-0.2, -0.15) is 0 Å². The van der Waals surface area contributed by atoms with Gasteiger partial charge in [-0.15, -0.1) is 11.6 Å². The highest BCUT2D eigenvalue weighted by molar-refractivity contribution is 6.21. The Hall–Kier alpha value is -2.86. The second-order valence-corrected chi connectivity index (χ2v) is 6.08. The van der Waals surface area contributed by atoms with Crippen LogP contribution in [0.3, 0.4) is 0 Å². The summed E-state index contributed by atoms with van der Waals surface area (Å²) in [5.74, 6) is 0. The van der Waals surface area contributed by atoms with E-state index in [0.29, 0.717) is 5.39 Å². The average Bonchev–Trinajstić information content (AvgIpc) is 2.61. The highest BCUT2D eigenvalue weighted by atomic mass is 35.5. The van der Waals surface area contributed by atoms with Crippen molar-refractivity contribution in [3.8, 4) is 0 Å². The molecule has 1 heterocycles. The van der Waals surface area contributed by atoms with Gasteiger partial charge in [-0.3, -0.25) is 10.1 Å². The lowest BCUT2D eigenvalue weighted by molar-refractivity contribution is -0.386. The fourth-order valence-electron chi connectivity index (χ4n) is 2.68. The summed E-state index contributed by atoms with van der Waals surface area (Å²) in [5.41, 5.74) is -0.352. The molecule has 0 spiro atoms. The Balaban J connectivity index is 2.07. The van der Waals surface area contributed by atoms with Crippen molar-refractivity contribution in [1.82, 2.24) is 0 Å². The molecule has 1 N–H and O–H groups in total. The van der Waals surface area contributed by atoms with Crippen molar-refractivity contribution in [2.45, 2.75) is 18.3 Å². The van der Waals surface area contributed by atoms with Crippen molar-refractivity contribution in [2.24, 2.45) is 0 Å². The molecule has 0 saturated heterocycles. The molecule has 3 aromatic rings. The molecular weight excluding hydrogens is 344 g/mol. The van der Waals surface area contributed by atoms with Crippen LogP contribution < -0.4 is 10.9 Å². The predicted octanol–water partition coefficient (Wildman–Crippen LogP) is 4.48. The summed E-state index contributed by atoms with van der Waals surface area (Å²) >= 11 is 6.50. The third-order valence-corrected chi connectivity index (χ3v) is 4.53.